The van der Waals surface area contributed by atoms with Gasteiger partial charge in [0.15, 0.2) is 0 Å². The summed E-state index contributed by atoms with van der Waals surface area (Å²) in [6.07, 6.45) is 6.06. The van der Waals surface area contributed by atoms with Crippen molar-refractivity contribution in [2.24, 2.45) is 0 Å². The van der Waals surface area contributed by atoms with Gasteiger partial charge in [0, 0.05) is 58.6 Å². The maximum Gasteiger partial charge on any atom is 0.237 e. The molecule has 0 unspecified atom stereocenters. The van der Waals surface area contributed by atoms with Crippen molar-refractivity contribution in [1.29, 1.82) is 0 Å². The van der Waals surface area contributed by atoms with Crippen LogP contribution in [-0.2, 0) is 0 Å². The monoisotopic (exact) mass is 620 g/mol. The van der Waals surface area contributed by atoms with Crippen molar-refractivity contribution >= 4 is 21.8 Å². The van der Waals surface area contributed by atoms with E-state index in [-0.39, 0.29) is 28.2 Å². The van der Waals surface area contributed by atoms with Gasteiger partial charge in [-0.25, -0.2) is 23.7 Å². The van der Waals surface area contributed by atoms with Gasteiger partial charge >= 0.3 is 0 Å². The molecule has 0 spiro atoms. The molecular weight excluding hydrogens is 598 g/mol. The van der Waals surface area contributed by atoms with Crippen LogP contribution in [0.1, 0.15) is 0 Å². The number of fused-ring (bicyclic) bond motifs is 3. The van der Waals surface area contributed by atoms with Crippen LogP contribution in [0.4, 0.5) is 8.78 Å². The minimum absolute atomic E-state index is 0.0520. The Morgan fingerprint density at radius 2 is 1.00 bits per heavy atom. The summed E-state index contributed by atoms with van der Waals surface area (Å²) < 4.78 is 45.9. The molecule has 0 atom stereocenters. The van der Waals surface area contributed by atoms with E-state index in [2.05, 4.69) is 24.9 Å². The Morgan fingerprint density at radius 3 is 1.47 bits per heavy atom. The maximum absolute atomic E-state index is 16.0. The highest BCUT2D eigenvalue weighted by atomic mass is 19.1. The molecule has 10 heteroatoms. The summed E-state index contributed by atoms with van der Waals surface area (Å²) in [5.41, 5.74) is 3.82. The third-order valence-electron chi connectivity index (χ3n) is 7.56. The molecule has 0 amide bonds. The summed E-state index contributed by atoms with van der Waals surface area (Å²) in [5, 5.41) is 0.104. The first-order chi connectivity index (χ1) is 23.1. The second-order valence-electron chi connectivity index (χ2n) is 10.6. The standard InChI is InChI=1S/C37H22F2N6O2/c38-29-17-27(46-25-9-5-7-23(15-25)31-11-1-3-13-41-31)19-33-35(29)36-30(39)18-28(20-34(36)45(33)37-43-21-40-22-44-37)47-26-10-6-8-24(16-26)32-12-2-4-14-42-32/h1-22H. The van der Waals surface area contributed by atoms with Gasteiger partial charge in [0.2, 0.25) is 5.95 Å². The lowest BCUT2D eigenvalue weighted by molar-refractivity contribution is 0.478. The maximum atomic E-state index is 16.0. The molecule has 8 rings (SSSR count). The number of nitrogens with zero attached hydrogens (tertiary/aromatic N) is 6. The minimum atomic E-state index is -0.674. The predicted molar refractivity (Wildman–Crippen MR) is 174 cm³/mol. The number of hydrogen-bond acceptors (Lipinski definition) is 7. The number of rotatable bonds is 7. The third-order valence-corrected chi connectivity index (χ3v) is 7.56. The summed E-state index contributed by atoms with van der Waals surface area (Å²) in [6.45, 7) is 0. The largest absolute Gasteiger partial charge is 0.457 e. The Balaban J connectivity index is 1.24. The van der Waals surface area contributed by atoms with Crippen LogP contribution < -0.4 is 9.47 Å². The van der Waals surface area contributed by atoms with Crippen molar-refractivity contribution in [2.45, 2.75) is 0 Å². The molecule has 0 aliphatic carbocycles. The fraction of sp³-hybridized carbons (Fsp3) is 0. The Kier molecular flexibility index (Phi) is 6.99. The van der Waals surface area contributed by atoms with Crippen molar-refractivity contribution in [3.8, 4) is 51.5 Å². The van der Waals surface area contributed by atoms with Crippen molar-refractivity contribution in [3.63, 3.8) is 0 Å². The fourth-order valence-electron chi connectivity index (χ4n) is 5.57. The van der Waals surface area contributed by atoms with Crippen LogP contribution in [-0.4, -0.2) is 29.5 Å². The van der Waals surface area contributed by atoms with Gasteiger partial charge in [0.1, 0.15) is 47.3 Å². The second kappa shape index (κ2) is 11.8. The summed E-state index contributed by atoms with van der Waals surface area (Å²) >= 11 is 0. The summed E-state index contributed by atoms with van der Waals surface area (Å²) in [5.74, 6) is 0.180. The van der Waals surface area contributed by atoms with Gasteiger partial charge in [-0.05, 0) is 48.5 Å². The first-order valence-electron chi connectivity index (χ1n) is 14.6. The SMILES string of the molecule is Fc1cc(Oc2cccc(-c3ccccn3)c2)cc2c1c1c(F)cc(Oc3cccc(-c4ccccn4)c3)cc1n2-c1ncncn1. The van der Waals surface area contributed by atoms with Crippen LogP contribution >= 0.6 is 0 Å². The van der Waals surface area contributed by atoms with E-state index in [1.54, 1.807) is 41.2 Å². The zero-order chi connectivity index (χ0) is 31.7. The smallest absolute Gasteiger partial charge is 0.237 e. The van der Waals surface area contributed by atoms with Crippen molar-refractivity contribution in [1.82, 2.24) is 29.5 Å². The van der Waals surface area contributed by atoms with E-state index >= 15 is 8.78 Å². The zero-order valence-electron chi connectivity index (χ0n) is 24.5. The van der Waals surface area contributed by atoms with Gasteiger partial charge in [-0.1, -0.05) is 36.4 Å². The Bertz CT molecular complexity index is 2240. The average Bonchev–Trinajstić information content (AvgIpc) is 3.44. The Morgan fingerprint density at radius 1 is 0.489 bits per heavy atom. The fourth-order valence-corrected chi connectivity index (χ4v) is 5.57. The van der Waals surface area contributed by atoms with Gasteiger partial charge in [0.05, 0.1) is 22.4 Å². The Hall–Kier alpha value is -6.55. The molecule has 47 heavy (non-hydrogen) atoms. The van der Waals surface area contributed by atoms with Crippen LogP contribution in [0, 0.1) is 11.6 Å². The van der Waals surface area contributed by atoms with Gasteiger partial charge in [-0.2, -0.15) is 0 Å². The number of ether oxygens (including phenoxy) is 2. The normalized spacial score (nSPS) is 11.2. The highest BCUT2D eigenvalue weighted by Crippen LogP contribution is 2.40. The number of aromatic nitrogens is 6. The molecule has 0 saturated heterocycles. The van der Waals surface area contributed by atoms with Crippen LogP contribution in [0.25, 0.3) is 50.3 Å². The summed E-state index contributed by atoms with van der Waals surface area (Å²) in [4.78, 5) is 21.3. The first kappa shape index (κ1) is 28.0. The molecule has 4 heterocycles. The number of benzene rings is 4. The molecular formula is C37H22F2N6O2. The lowest BCUT2D eigenvalue weighted by Gasteiger charge is -2.10. The van der Waals surface area contributed by atoms with Crippen LogP contribution in [0.15, 0.2) is 134 Å². The average molecular weight is 621 g/mol. The lowest BCUT2D eigenvalue weighted by Crippen LogP contribution is -2.01. The topological polar surface area (TPSA) is 87.8 Å². The molecule has 0 radical (unpaired) electrons. The van der Waals surface area contributed by atoms with Crippen LogP contribution in [0.2, 0.25) is 0 Å². The van der Waals surface area contributed by atoms with Gasteiger partial charge in [-0.3, -0.25) is 14.5 Å². The first-order valence-corrected chi connectivity index (χ1v) is 14.6. The third kappa shape index (κ3) is 5.38. The second-order valence-corrected chi connectivity index (χ2v) is 10.6. The van der Waals surface area contributed by atoms with Crippen molar-refractivity contribution in [2.75, 3.05) is 0 Å². The highest BCUT2D eigenvalue weighted by Gasteiger charge is 2.23. The molecule has 0 bridgehead atoms. The van der Waals surface area contributed by atoms with Gasteiger partial charge in [0.25, 0.3) is 0 Å². The molecule has 0 N–H and O–H groups in total. The van der Waals surface area contributed by atoms with E-state index in [9.17, 15) is 0 Å². The van der Waals surface area contributed by atoms with Gasteiger partial charge in [-0.15, -0.1) is 0 Å². The van der Waals surface area contributed by atoms with Crippen molar-refractivity contribution in [3.05, 3.63) is 146 Å². The molecule has 226 valence electrons. The van der Waals surface area contributed by atoms with Crippen molar-refractivity contribution < 1.29 is 18.3 Å². The molecule has 4 aromatic heterocycles. The molecule has 8 nitrogen and oxygen atoms in total. The lowest BCUT2D eigenvalue weighted by atomic mass is 10.1. The molecule has 8 aromatic rings. The van der Waals surface area contributed by atoms with E-state index in [0.29, 0.717) is 22.5 Å². The van der Waals surface area contributed by atoms with Crippen LogP contribution in [0.5, 0.6) is 23.0 Å². The van der Waals surface area contributed by atoms with E-state index in [1.165, 1.54) is 24.8 Å². The summed E-state index contributed by atoms with van der Waals surface area (Å²) in [6, 6.07) is 31.6. The number of halogens is 2. The number of hydrogen-bond donors (Lipinski definition) is 0. The highest BCUT2D eigenvalue weighted by molar-refractivity contribution is 6.10. The molecule has 0 saturated carbocycles. The van der Waals surface area contributed by atoms with E-state index in [0.717, 1.165) is 22.5 Å². The van der Waals surface area contributed by atoms with E-state index in [4.69, 9.17) is 9.47 Å². The summed E-state index contributed by atoms with van der Waals surface area (Å²) in [7, 11) is 0. The number of pyridine rings is 2. The minimum Gasteiger partial charge on any atom is -0.457 e. The predicted octanol–water partition coefficient (Wildman–Crippen LogP) is 8.96. The quantitative estimate of drug-likeness (QED) is 0.176. The molecule has 0 aliphatic rings. The zero-order valence-corrected chi connectivity index (χ0v) is 24.5. The van der Waals surface area contributed by atoms with Crippen LogP contribution in [0.3, 0.4) is 0 Å². The molecule has 0 fully saturated rings. The molecule has 0 aliphatic heterocycles. The van der Waals surface area contributed by atoms with E-state index in [1.807, 2.05) is 72.8 Å². The molecule has 4 aromatic carbocycles. The Labute approximate surface area is 266 Å². The van der Waals surface area contributed by atoms with Gasteiger partial charge < -0.3 is 9.47 Å². The van der Waals surface area contributed by atoms with E-state index < -0.39 is 11.6 Å².